The number of rotatable bonds is 2. The first-order valence-electron chi connectivity index (χ1n) is 2.91. The van der Waals surface area contributed by atoms with Gasteiger partial charge in [0.05, 0.1) is 6.54 Å². The van der Waals surface area contributed by atoms with E-state index in [4.69, 9.17) is 0 Å². The van der Waals surface area contributed by atoms with Crippen LogP contribution in [0.2, 0.25) is 0 Å². The van der Waals surface area contributed by atoms with E-state index >= 15 is 0 Å². The van der Waals surface area contributed by atoms with Gasteiger partial charge in [-0.1, -0.05) is 0 Å². The van der Waals surface area contributed by atoms with Gasteiger partial charge in [0.1, 0.15) is 6.54 Å². The monoisotopic (exact) mass is 158 g/mol. The molecule has 1 rings (SSSR count). The van der Waals surface area contributed by atoms with E-state index in [2.05, 4.69) is 10.2 Å². The third-order valence-corrected chi connectivity index (χ3v) is 1.17. The fourth-order valence-corrected chi connectivity index (χ4v) is 0.685. The van der Waals surface area contributed by atoms with E-state index in [0.29, 0.717) is 5.06 Å². The van der Waals surface area contributed by atoms with Crippen LogP contribution in [-0.4, -0.2) is 36.4 Å². The minimum atomic E-state index is -0.434. The minimum Gasteiger partial charge on any atom is -0.345 e. The van der Waals surface area contributed by atoms with Crippen LogP contribution in [0.3, 0.4) is 0 Å². The SMILES string of the molecule is O=CON1CC(=O)NCC1=O. The van der Waals surface area contributed by atoms with Crippen LogP contribution in [0, 0.1) is 0 Å². The maximum Gasteiger partial charge on any atom is 0.320 e. The van der Waals surface area contributed by atoms with Crippen molar-refractivity contribution in [2.75, 3.05) is 13.1 Å². The van der Waals surface area contributed by atoms with Gasteiger partial charge < -0.3 is 10.2 Å². The molecule has 0 spiro atoms. The fourth-order valence-electron chi connectivity index (χ4n) is 0.685. The number of hydrogen-bond donors (Lipinski definition) is 1. The average molecular weight is 158 g/mol. The number of hydrogen-bond acceptors (Lipinski definition) is 4. The number of nitrogens with zero attached hydrogens (tertiary/aromatic N) is 1. The third-order valence-electron chi connectivity index (χ3n) is 1.17. The molecule has 1 aliphatic heterocycles. The van der Waals surface area contributed by atoms with Crippen LogP contribution in [0.15, 0.2) is 0 Å². The Morgan fingerprint density at radius 3 is 2.91 bits per heavy atom. The van der Waals surface area contributed by atoms with Gasteiger partial charge in [0.15, 0.2) is 0 Å². The Kier molecular flexibility index (Phi) is 2.05. The molecule has 0 aromatic heterocycles. The van der Waals surface area contributed by atoms with Gasteiger partial charge >= 0.3 is 6.47 Å². The van der Waals surface area contributed by atoms with Crippen LogP contribution in [0.25, 0.3) is 0 Å². The molecular weight excluding hydrogens is 152 g/mol. The largest absolute Gasteiger partial charge is 0.345 e. The van der Waals surface area contributed by atoms with E-state index in [0.717, 1.165) is 0 Å². The maximum absolute atomic E-state index is 10.8. The molecule has 60 valence electrons. The minimum absolute atomic E-state index is 0.108. The molecule has 0 aromatic carbocycles. The topological polar surface area (TPSA) is 75.7 Å². The van der Waals surface area contributed by atoms with Crippen LogP contribution in [0.5, 0.6) is 0 Å². The molecule has 0 bridgehead atoms. The van der Waals surface area contributed by atoms with Crippen molar-refractivity contribution in [2.45, 2.75) is 0 Å². The molecule has 1 aliphatic rings. The molecule has 1 heterocycles. The number of nitrogens with one attached hydrogen (secondary N) is 1. The molecule has 6 heteroatoms. The van der Waals surface area contributed by atoms with Crippen molar-refractivity contribution in [3.8, 4) is 0 Å². The molecule has 0 atom stereocenters. The molecule has 1 N–H and O–H groups in total. The molecule has 0 unspecified atom stereocenters. The highest BCUT2D eigenvalue weighted by molar-refractivity contribution is 5.91. The molecule has 2 amide bonds. The van der Waals surface area contributed by atoms with Crippen LogP contribution in [0.1, 0.15) is 0 Å². The van der Waals surface area contributed by atoms with E-state index < -0.39 is 5.91 Å². The Bertz CT molecular complexity index is 203. The smallest absolute Gasteiger partial charge is 0.320 e. The molecular formula is C5H6N2O4. The maximum atomic E-state index is 10.8. The second-order valence-electron chi connectivity index (χ2n) is 1.91. The number of hydroxylamine groups is 2. The van der Waals surface area contributed by atoms with Crippen molar-refractivity contribution >= 4 is 18.3 Å². The summed E-state index contributed by atoms with van der Waals surface area (Å²) in [6.45, 7) is -0.235. The van der Waals surface area contributed by atoms with Gasteiger partial charge in [-0.25, -0.2) is 0 Å². The van der Waals surface area contributed by atoms with Crippen molar-refractivity contribution in [1.82, 2.24) is 10.4 Å². The van der Waals surface area contributed by atoms with E-state index in [1.807, 2.05) is 0 Å². The molecule has 0 saturated carbocycles. The van der Waals surface area contributed by atoms with Crippen LogP contribution < -0.4 is 5.32 Å². The van der Waals surface area contributed by atoms with Crippen molar-refractivity contribution in [3.63, 3.8) is 0 Å². The highest BCUT2D eigenvalue weighted by Gasteiger charge is 2.24. The predicted octanol–water partition coefficient (Wildman–Crippen LogP) is -1.97. The fraction of sp³-hybridized carbons (Fsp3) is 0.400. The highest BCUT2D eigenvalue weighted by atomic mass is 16.7. The molecule has 1 fully saturated rings. The van der Waals surface area contributed by atoms with Crippen molar-refractivity contribution < 1.29 is 19.2 Å². The van der Waals surface area contributed by atoms with Crippen molar-refractivity contribution in [3.05, 3.63) is 0 Å². The lowest BCUT2D eigenvalue weighted by Gasteiger charge is -2.22. The Morgan fingerprint density at radius 1 is 1.55 bits per heavy atom. The standard InChI is InChI=1S/C5H6N2O4/c8-3-11-7-2-4(9)6-1-5(7)10/h3H,1-2H2,(H,6,9). The van der Waals surface area contributed by atoms with Gasteiger partial charge in [-0.2, -0.15) is 5.06 Å². The van der Waals surface area contributed by atoms with Crippen molar-refractivity contribution in [1.29, 1.82) is 0 Å². The zero-order chi connectivity index (χ0) is 8.27. The predicted molar refractivity (Wildman–Crippen MR) is 31.9 cm³/mol. The van der Waals surface area contributed by atoms with Crippen LogP contribution in [0.4, 0.5) is 0 Å². The number of amides is 2. The lowest BCUT2D eigenvalue weighted by molar-refractivity contribution is -0.190. The molecule has 0 aromatic rings. The number of carbonyl (C=O) groups excluding carboxylic acids is 3. The van der Waals surface area contributed by atoms with Gasteiger partial charge in [0.2, 0.25) is 5.91 Å². The number of piperazine rings is 1. The molecule has 0 radical (unpaired) electrons. The summed E-state index contributed by atoms with van der Waals surface area (Å²) in [4.78, 5) is 35.3. The Morgan fingerprint density at radius 2 is 2.27 bits per heavy atom. The summed E-state index contributed by atoms with van der Waals surface area (Å²) in [6.07, 6.45) is 0. The summed E-state index contributed by atoms with van der Waals surface area (Å²) in [5.74, 6) is -0.775. The van der Waals surface area contributed by atoms with Crippen LogP contribution in [-0.2, 0) is 19.2 Å². The highest BCUT2D eigenvalue weighted by Crippen LogP contribution is 1.93. The summed E-state index contributed by atoms with van der Waals surface area (Å²) in [5.41, 5.74) is 0. The lowest BCUT2D eigenvalue weighted by Crippen LogP contribution is -2.51. The zero-order valence-corrected chi connectivity index (χ0v) is 5.57. The quantitative estimate of drug-likeness (QED) is 0.473. The Hall–Kier alpha value is -1.59. The Balaban J connectivity index is 2.53. The van der Waals surface area contributed by atoms with E-state index in [-0.39, 0.29) is 25.5 Å². The molecule has 11 heavy (non-hydrogen) atoms. The van der Waals surface area contributed by atoms with Crippen LogP contribution >= 0.6 is 0 Å². The number of carbonyl (C=O) groups is 3. The van der Waals surface area contributed by atoms with Gasteiger partial charge in [0, 0.05) is 0 Å². The van der Waals surface area contributed by atoms with E-state index in [9.17, 15) is 14.4 Å². The van der Waals surface area contributed by atoms with Gasteiger partial charge in [-0.15, -0.1) is 0 Å². The first-order valence-corrected chi connectivity index (χ1v) is 2.91. The van der Waals surface area contributed by atoms with Crippen molar-refractivity contribution in [2.24, 2.45) is 0 Å². The Labute approximate surface area is 62.1 Å². The summed E-state index contributed by atoms with van der Waals surface area (Å²) in [6, 6.07) is 0. The summed E-state index contributed by atoms with van der Waals surface area (Å²) in [5, 5.41) is 3.01. The third kappa shape index (κ3) is 1.66. The summed E-state index contributed by atoms with van der Waals surface area (Å²) in [7, 11) is 0. The van der Waals surface area contributed by atoms with E-state index in [1.165, 1.54) is 0 Å². The normalized spacial score (nSPS) is 17.6. The van der Waals surface area contributed by atoms with Gasteiger partial charge in [-0.3, -0.25) is 14.4 Å². The summed E-state index contributed by atoms with van der Waals surface area (Å²) >= 11 is 0. The molecule has 6 nitrogen and oxygen atoms in total. The second kappa shape index (κ2) is 3.00. The van der Waals surface area contributed by atoms with Gasteiger partial charge in [0.25, 0.3) is 5.91 Å². The van der Waals surface area contributed by atoms with E-state index in [1.54, 1.807) is 0 Å². The second-order valence-corrected chi connectivity index (χ2v) is 1.91. The lowest BCUT2D eigenvalue weighted by atomic mass is 10.4. The molecule has 0 aliphatic carbocycles. The zero-order valence-electron chi connectivity index (χ0n) is 5.57. The van der Waals surface area contributed by atoms with Gasteiger partial charge in [-0.05, 0) is 0 Å². The average Bonchev–Trinajstić information content (AvgIpc) is 1.98. The first kappa shape index (κ1) is 7.52. The summed E-state index contributed by atoms with van der Waals surface area (Å²) < 4.78 is 0. The molecule has 1 saturated heterocycles. The first-order chi connectivity index (χ1) is 5.24.